The van der Waals surface area contributed by atoms with Gasteiger partial charge >= 0.3 is 6.18 Å². The fourth-order valence-corrected chi connectivity index (χ4v) is 3.09. The van der Waals surface area contributed by atoms with E-state index >= 15 is 0 Å². The molecule has 0 bridgehead atoms. The number of amides is 1. The van der Waals surface area contributed by atoms with Gasteiger partial charge in [0.1, 0.15) is 17.8 Å². The van der Waals surface area contributed by atoms with Crippen molar-refractivity contribution in [1.82, 2.24) is 14.8 Å². The van der Waals surface area contributed by atoms with E-state index in [4.69, 9.17) is 5.26 Å². The molecule has 3 rings (SSSR count). The van der Waals surface area contributed by atoms with E-state index in [-0.39, 0.29) is 24.2 Å². The van der Waals surface area contributed by atoms with Gasteiger partial charge < -0.3 is 10.4 Å². The second-order valence-electron chi connectivity index (χ2n) is 7.14. The molecule has 11 heteroatoms. The number of alkyl halides is 3. The molecular formula is C22H17F3N6O2. The van der Waals surface area contributed by atoms with Crippen molar-refractivity contribution >= 4 is 11.6 Å². The number of carbonyl (C=O) groups is 1. The Morgan fingerprint density at radius 3 is 2.48 bits per heavy atom. The molecule has 0 saturated carbocycles. The quantitative estimate of drug-likeness (QED) is 0.587. The molecule has 33 heavy (non-hydrogen) atoms. The van der Waals surface area contributed by atoms with Gasteiger partial charge in [-0.2, -0.15) is 28.8 Å². The first-order valence-corrected chi connectivity index (χ1v) is 9.65. The molecule has 0 radical (unpaired) electrons. The number of anilines is 1. The van der Waals surface area contributed by atoms with Crippen molar-refractivity contribution in [2.75, 3.05) is 5.32 Å². The topological polar surface area (TPSA) is 128 Å². The molecule has 2 N–H and O–H groups in total. The van der Waals surface area contributed by atoms with Crippen molar-refractivity contribution < 1.29 is 23.1 Å². The van der Waals surface area contributed by atoms with Crippen molar-refractivity contribution in [3.63, 3.8) is 0 Å². The molecule has 0 spiro atoms. The summed E-state index contributed by atoms with van der Waals surface area (Å²) in [7, 11) is 0. The normalized spacial score (nSPS) is 12.9. The summed E-state index contributed by atoms with van der Waals surface area (Å²) in [5.41, 5.74) is -3.27. The van der Waals surface area contributed by atoms with Crippen LogP contribution in [0.3, 0.4) is 0 Å². The van der Waals surface area contributed by atoms with Gasteiger partial charge in [-0.25, -0.2) is 4.98 Å². The first kappa shape index (κ1) is 23.4. The number of aromatic nitrogens is 3. The molecule has 0 aliphatic rings. The summed E-state index contributed by atoms with van der Waals surface area (Å²) in [6.07, 6.45) is -2.67. The monoisotopic (exact) mass is 454 g/mol. The van der Waals surface area contributed by atoms with Gasteiger partial charge in [-0.3, -0.25) is 9.48 Å². The maximum Gasteiger partial charge on any atom is 0.419 e. The second kappa shape index (κ2) is 9.10. The minimum absolute atomic E-state index is 0.100. The summed E-state index contributed by atoms with van der Waals surface area (Å²) in [6.45, 7) is 1.16. The smallest absolute Gasteiger partial charge is 0.378 e. The lowest BCUT2D eigenvalue weighted by molar-refractivity contribution is -0.138. The predicted octanol–water partition coefficient (Wildman–Crippen LogP) is 3.49. The van der Waals surface area contributed by atoms with Crippen molar-refractivity contribution in [3.05, 3.63) is 65.6 Å². The zero-order valence-electron chi connectivity index (χ0n) is 17.3. The highest BCUT2D eigenvalue weighted by atomic mass is 19.4. The molecule has 1 atom stereocenters. The van der Waals surface area contributed by atoms with E-state index in [0.717, 1.165) is 6.20 Å². The van der Waals surface area contributed by atoms with Crippen LogP contribution in [0.1, 0.15) is 30.2 Å². The number of rotatable bonds is 6. The third-order valence-corrected chi connectivity index (χ3v) is 4.92. The van der Waals surface area contributed by atoms with Gasteiger partial charge in [0, 0.05) is 11.8 Å². The van der Waals surface area contributed by atoms with E-state index in [1.807, 2.05) is 6.07 Å². The highest BCUT2D eigenvalue weighted by Gasteiger charge is 2.37. The number of nitrogens with zero attached hydrogens (tertiary/aromatic N) is 5. The summed E-state index contributed by atoms with van der Waals surface area (Å²) in [5.74, 6) is -0.986. The van der Waals surface area contributed by atoms with E-state index in [1.165, 1.54) is 23.9 Å². The van der Waals surface area contributed by atoms with Crippen molar-refractivity contribution in [2.45, 2.75) is 31.7 Å². The van der Waals surface area contributed by atoms with E-state index < -0.39 is 28.9 Å². The van der Waals surface area contributed by atoms with Crippen LogP contribution < -0.4 is 5.32 Å². The molecular weight excluding hydrogens is 437 g/mol. The number of carbonyl (C=O) groups excluding carboxylic acids is 1. The third kappa shape index (κ3) is 5.00. The fourth-order valence-electron chi connectivity index (χ4n) is 3.09. The number of aliphatic hydroxyl groups is 1. The number of nitriles is 2. The van der Waals surface area contributed by atoms with Crippen LogP contribution in [-0.4, -0.2) is 31.4 Å². The number of hydrogen-bond acceptors (Lipinski definition) is 6. The van der Waals surface area contributed by atoms with Crippen molar-refractivity contribution in [2.24, 2.45) is 0 Å². The highest BCUT2D eigenvalue weighted by molar-refractivity contribution is 5.97. The Kier molecular flexibility index (Phi) is 6.47. The summed E-state index contributed by atoms with van der Waals surface area (Å²) in [6, 6.07) is 12.8. The Morgan fingerprint density at radius 1 is 1.21 bits per heavy atom. The minimum Gasteiger partial charge on any atom is -0.378 e. The SMILES string of the molecule is CCC(O)(Cn1cc(C#N)c(-c2ccccc2)n1)C(=O)Nc1cnc(C#N)c(C(F)(F)F)c1. The molecule has 0 aliphatic carbocycles. The van der Waals surface area contributed by atoms with Crippen LogP contribution in [0.5, 0.6) is 0 Å². The van der Waals surface area contributed by atoms with E-state index in [9.17, 15) is 28.3 Å². The van der Waals surface area contributed by atoms with Gasteiger partial charge in [-0.1, -0.05) is 37.3 Å². The number of hydrogen-bond donors (Lipinski definition) is 2. The van der Waals surface area contributed by atoms with Gasteiger partial charge in [0.2, 0.25) is 0 Å². The van der Waals surface area contributed by atoms with Gasteiger partial charge in [-0.05, 0) is 12.5 Å². The molecule has 0 fully saturated rings. The molecule has 2 aromatic heterocycles. The lowest BCUT2D eigenvalue weighted by atomic mass is 9.99. The molecule has 2 heterocycles. The molecule has 3 aromatic rings. The van der Waals surface area contributed by atoms with Crippen LogP contribution in [0.2, 0.25) is 0 Å². The van der Waals surface area contributed by atoms with Crippen LogP contribution in [0.4, 0.5) is 18.9 Å². The van der Waals surface area contributed by atoms with Crippen LogP contribution in [0.25, 0.3) is 11.3 Å². The Hall–Kier alpha value is -4.22. The highest BCUT2D eigenvalue weighted by Crippen LogP contribution is 2.33. The van der Waals surface area contributed by atoms with Gasteiger partial charge in [0.15, 0.2) is 11.3 Å². The number of halogens is 3. The molecule has 0 saturated heterocycles. The molecule has 0 aliphatic heterocycles. The fraction of sp³-hybridized carbons (Fsp3) is 0.227. The largest absolute Gasteiger partial charge is 0.419 e. The zero-order chi connectivity index (χ0) is 24.2. The molecule has 1 amide bonds. The minimum atomic E-state index is -4.85. The third-order valence-electron chi connectivity index (χ3n) is 4.92. The molecule has 168 valence electrons. The average molecular weight is 454 g/mol. The lowest BCUT2D eigenvalue weighted by Crippen LogP contribution is -2.46. The Labute approximate surface area is 186 Å². The Balaban J connectivity index is 1.87. The van der Waals surface area contributed by atoms with Gasteiger partial charge in [0.05, 0.1) is 29.6 Å². The maximum absolute atomic E-state index is 13.2. The second-order valence-corrected chi connectivity index (χ2v) is 7.14. The van der Waals surface area contributed by atoms with Crippen LogP contribution in [0.15, 0.2) is 48.8 Å². The predicted molar refractivity (Wildman–Crippen MR) is 110 cm³/mol. The number of benzene rings is 1. The average Bonchev–Trinajstić information content (AvgIpc) is 3.21. The number of nitrogens with one attached hydrogen (secondary N) is 1. The summed E-state index contributed by atoms with van der Waals surface area (Å²) in [5, 5.41) is 35.7. The molecule has 8 nitrogen and oxygen atoms in total. The maximum atomic E-state index is 13.2. The Bertz CT molecular complexity index is 1260. The van der Waals surface area contributed by atoms with Crippen LogP contribution >= 0.6 is 0 Å². The summed E-state index contributed by atoms with van der Waals surface area (Å²) >= 11 is 0. The first-order chi connectivity index (χ1) is 15.6. The van der Waals surface area contributed by atoms with Crippen molar-refractivity contribution in [3.8, 4) is 23.4 Å². The first-order valence-electron chi connectivity index (χ1n) is 9.65. The molecule has 1 aromatic carbocycles. The Morgan fingerprint density at radius 2 is 1.91 bits per heavy atom. The van der Waals surface area contributed by atoms with E-state index in [2.05, 4.69) is 15.4 Å². The lowest BCUT2D eigenvalue weighted by Gasteiger charge is -2.25. The summed E-state index contributed by atoms with van der Waals surface area (Å²) < 4.78 is 40.7. The molecule has 1 unspecified atom stereocenters. The number of pyridine rings is 1. The van der Waals surface area contributed by atoms with Gasteiger partial charge in [0.25, 0.3) is 5.91 Å². The van der Waals surface area contributed by atoms with Crippen molar-refractivity contribution in [1.29, 1.82) is 10.5 Å². The standard InChI is InChI=1S/C22H17F3N6O2/c1-2-21(33,13-31-12-15(9-26)19(30-31)14-6-4-3-5-7-14)20(32)29-16-8-17(22(23,24)25)18(10-27)28-11-16/h3-8,11-12,33H,2,13H2,1H3,(H,29,32). The van der Waals surface area contributed by atoms with Gasteiger partial charge in [-0.15, -0.1) is 0 Å². The van der Waals surface area contributed by atoms with Crippen LogP contribution in [-0.2, 0) is 17.5 Å². The van der Waals surface area contributed by atoms with E-state index in [1.54, 1.807) is 30.3 Å². The summed E-state index contributed by atoms with van der Waals surface area (Å²) in [4.78, 5) is 16.2. The van der Waals surface area contributed by atoms with E-state index in [0.29, 0.717) is 17.3 Å². The zero-order valence-corrected chi connectivity index (χ0v) is 17.3. The van der Waals surface area contributed by atoms with Crippen LogP contribution in [0, 0.1) is 22.7 Å².